The molecular formula is C15H24N2O5. The summed E-state index contributed by atoms with van der Waals surface area (Å²) in [5.41, 5.74) is 0. The Morgan fingerprint density at radius 2 is 1.82 bits per heavy atom. The third-order valence-electron chi connectivity index (χ3n) is 4.03. The highest BCUT2D eigenvalue weighted by Crippen LogP contribution is 2.17. The quantitative estimate of drug-likeness (QED) is 0.762. The van der Waals surface area contributed by atoms with Crippen molar-refractivity contribution in [2.75, 3.05) is 6.61 Å². The van der Waals surface area contributed by atoms with Crippen molar-refractivity contribution in [3.8, 4) is 0 Å². The average Bonchev–Trinajstić information content (AvgIpc) is 3.02. The molecule has 0 radical (unpaired) electrons. The van der Waals surface area contributed by atoms with Crippen molar-refractivity contribution in [1.29, 1.82) is 0 Å². The molecule has 2 fully saturated rings. The molecule has 2 aliphatic rings. The number of imide groups is 1. The summed E-state index contributed by atoms with van der Waals surface area (Å²) >= 11 is 0. The van der Waals surface area contributed by atoms with Gasteiger partial charge in [-0.2, -0.15) is 0 Å². The predicted molar refractivity (Wildman–Crippen MR) is 78.1 cm³/mol. The molecule has 0 bridgehead atoms. The molecule has 1 heterocycles. The van der Waals surface area contributed by atoms with Crippen molar-refractivity contribution in [1.82, 2.24) is 10.6 Å². The van der Waals surface area contributed by atoms with Crippen LogP contribution in [0, 0.1) is 0 Å². The van der Waals surface area contributed by atoms with Crippen LogP contribution in [0.3, 0.4) is 0 Å². The second-order valence-corrected chi connectivity index (χ2v) is 5.88. The van der Waals surface area contributed by atoms with E-state index in [1.165, 1.54) is 13.3 Å². The van der Waals surface area contributed by atoms with E-state index in [0.29, 0.717) is 13.0 Å². The minimum absolute atomic E-state index is 0.117. The first-order chi connectivity index (χ1) is 10.6. The van der Waals surface area contributed by atoms with E-state index in [9.17, 15) is 14.4 Å². The number of esters is 1. The maximum atomic E-state index is 11.9. The zero-order valence-electron chi connectivity index (χ0n) is 12.9. The van der Waals surface area contributed by atoms with Gasteiger partial charge in [-0.1, -0.05) is 19.3 Å². The number of hydrogen-bond acceptors (Lipinski definition) is 5. The maximum absolute atomic E-state index is 11.9. The molecule has 0 aromatic rings. The summed E-state index contributed by atoms with van der Waals surface area (Å²) in [5.74, 6) is -1.17. The van der Waals surface area contributed by atoms with Crippen LogP contribution in [0.4, 0.5) is 4.79 Å². The average molecular weight is 312 g/mol. The van der Waals surface area contributed by atoms with E-state index in [4.69, 9.17) is 9.47 Å². The molecule has 0 unspecified atom stereocenters. The number of urea groups is 1. The van der Waals surface area contributed by atoms with E-state index < -0.39 is 30.1 Å². The summed E-state index contributed by atoms with van der Waals surface area (Å²) in [6, 6.07) is -0.414. The second kappa shape index (κ2) is 8.12. The molecule has 7 heteroatoms. The molecule has 0 aromatic heterocycles. The van der Waals surface area contributed by atoms with Gasteiger partial charge in [0.2, 0.25) is 0 Å². The summed E-state index contributed by atoms with van der Waals surface area (Å²) in [6.45, 7) is 1.97. The van der Waals surface area contributed by atoms with Crippen LogP contribution in [0.2, 0.25) is 0 Å². The molecule has 1 aliphatic carbocycles. The molecule has 7 nitrogen and oxygen atoms in total. The lowest BCUT2D eigenvalue weighted by molar-refractivity contribution is -0.163. The smallest absolute Gasteiger partial charge is 0.336 e. The van der Waals surface area contributed by atoms with Gasteiger partial charge in [0.25, 0.3) is 5.91 Å². The van der Waals surface area contributed by atoms with Gasteiger partial charge in [0.15, 0.2) is 12.2 Å². The van der Waals surface area contributed by atoms with Crippen LogP contribution in [0.15, 0.2) is 0 Å². The van der Waals surface area contributed by atoms with Crippen LogP contribution in [-0.4, -0.2) is 42.8 Å². The van der Waals surface area contributed by atoms with Gasteiger partial charge >= 0.3 is 12.0 Å². The fourth-order valence-corrected chi connectivity index (χ4v) is 2.75. The van der Waals surface area contributed by atoms with E-state index in [1.54, 1.807) is 0 Å². The Bertz CT molecular complexity index is 414. The van der Waals surface area contributed by atoms with E-state index in [2.05, 4.69) is 10.6 Å². The normalized spacial score (nSPS) is 23.6. The van der Waals surface area contributed by atoms with Gasteiger partial charge in [-0.3, -0.25) is 10.1 Å². The summed E-state index contributed by atoms with van der Waals surface area (Å²) in [4.78, 5) is 35.4. The molecule has 2 atom stereocenters. The molecule has 0 aromatic carbocycles. The van der Waals surface area contributed by atoms with E-state index in [-0.39, 0.29) is 6.04 Å². The van der Waals surface area contributed by atoms with Crippen molar-refractivity contribution in [2.24, 2.45) is 0 Å². The zero-order valence-corrected chi connectivity index (χ0v) is 12.9. The first-order valence-electron chi connectivity index (χ1n) is 7.99. The molecule has 3 amide bonds. The molecule has 124 valence electrons. The Labute approximate surface area is 130 Å². The number of rotatable bonds is 4. The lowest BCUT2D eigenvalue weighted by Gasteiger charge is -2.23. The predicted octanol–water partition coefficient (Wildman–Crippen LogP) is 1.26. The van der Waals surface area contributed by atoms with Crippen LogP contribution in [-0.2, 0) is 19.1 Å². The summed E-state index contributed by atoms with van der Waals surface area (Å²) < 4.78 is 10.2. The Balaban J connectivity index is 1.70. The van der Waals surface area contributed by atoms with Crippen LogP contribution >= 0.6 is 0 Å². The highest BCUT2D eigenvalue weighted by molar-refractivity contribution is 5.97. The highest BCUT2D eigenvalue weighted by Gasteiger charge is 2.29. The molecular weight excluding hydrogens is 288 g/mol. The van der Waals surface area contributed by atoms with Gasteiger partial charge in [0.1, 0.15) is 0 Å². The van der Waals surface area contributed by atoms with Gasteiger partial charge < -0.3 is 14.8 Å². The van der Waals surface area contributed by atoms with Gasteiger partial charge in [0, 0.05) is 12.6 Å². The minimum Gasteiger partial charge on any atom is -0.451 e. The van der Waals surface area contributed by atoms with Crippen molar-refractivity contribution in [2.45, 2.75) is 70.1 Å². The molecule has 1 saturated heterocycles. The Morgan fingerprint density at radius 3 is 2.45 bits per heavy atom. The van der Waals surface area contributed by atoms with Gasteiger partial charge in [-0.05, 0) is 32.6 Å². The van der Waals surface area contributed by atoms with Crippen molar-refractivity contribution < 1.29 is 23.9 Å². The SMILES string of the molecule is C[C@@H](OC(=O)[C@@H]1CCCO1)C(=O)NC(=O)NC1CCCCC1. The van der Waals surface area contributed by atoms with E-state index >= 15 is 0 Å². The standard InChI is InChI=1S/C15H24N2O5/c1-10(22-14(19)12-8-5-9-21-12)13(18)17-15(20)16-11-6-3-2-4-7-11/h10-12H,2-9H2,1H3,(H2,16,17,18,20)/t10-,12+/m1/s1. The minimum atomic E-state index is -1.02. The first kappa shape index (κ1) is 16.7. The van der Waals surface area contributed by atoms with Crippen LogP contribution in [0.5, 0.6) is 0 Å². The van der Waals surface area contributed by atoms with Crippen molar-refractivity contribution in [3.63, 3.8) is 0 Å². The number of hydrogen-bond donors (Lipinski definition) is 2. The van der Waals surface area contributed by atoms with E-state index in [0.717, 1.165) is 32.1 Å². The lowest BCUT2D eigenvalue weighted by atomic mass is 9.96. The third-order valence-corrected chi connectivity index (χ3v) is 4.03. The zero-order chi connectivity index (χ0) is 15.9. The molecule has 2 rings (SSSR count). The summed E-state index contributed by atoms with van der Waals surface area (Å²) in [7, 11) is 0. The molecule has 22 heavy (non-hydrogen) atoms. The highest BCUT2D eigenvalue weighted by atomic mass is 16.6. The molecule has 1 aliphatic heterocycles. The number of nitrogens with one attached hydrogen (secondary N) is 2. The van der Waals surface area contributed by atoms with Crippen molar-refractivity contribution >= 4 is 17.9 Å². The monoisotopic (exact) mass is 312 g/mol. The maximum Gasteiger partial charge on any atom is 0.336 e. The Morgan fingerprint density at radius 1 is 1.09 bits per heavy atom. The molecule has 1 saturated carbocycles. The van der Waals surface area contributed by atoms with Crippen LogP contribution < -0.4 is 10.6 Å². The Kier molecular flexibility index (Phi) is 6.18. The van der Waals surface area contributed by atoms with Crippen LogP contribution in [0.1, 0.15) is 51.9 Å². The number of amides is 3. The number of carbonyl (C=O) groups excluding carboxylic acids is 3. The third kappa shape index (κ3) is 4.98. The Hall–Kier alpha value is -1.63. The fourth-order valence-electron chi connectivity index (χ4n) is 2.75. The van der Waals surface area contributed by atoms with E-state index in [1.807, 2.05) is 0 Å². The molecule has 2 N–H and O–H groups in total. The lowest BCUT2D eigenvalue weighted by Crippen LogP contribution is -2.48. The topological polar surface area (TPSA) is 93.7 Å². The van der Waals surface area contributed by atoms with Gasteiger partial charge in [-0.25, -0.2) is 9.59 Å². The van der Waals surface area contributed by atoms with Crippen molar-refractivity contribution in [3.05, 3.63) is 0 Å². The largest absolute Gasteiger partial charge is 0.451 e. The second-order valence-electron chi connectivity index (χ2n) is 5.88. The summed E-state index contributed by atoms with van der Waals surface area (Å²) in [6.07, 6.45) is 5.05. The van der Waals surface area contributed by atoms with Gasteiger partial charge in [0.05, 0.1) is 0 Å². The summed E-state index contributed by atoms with van der Waals surface area (Å²) in [5, 5.41) is 4.99. The number of carbonyl (C=O) groups is 3. The number of ether oxygens (including phenoxy) is 2. The fraction of sp³-hybridized carbons (Fsp3) is 0.800. The molecule has 0 spiro atoms. The van der Waals surface area contributed by atoms with Gasteiger partial charge in [-0.15, -0.1) is 0 Å². The van der Waals surface area contributed by atoms with Crippen LogP contribution in [0.25, 0.3) is 0 Å². The first-order valence-corrected chi connectivity index (χ1v) is 7.99.